The summed E-state index contributed by atoms with van der Waals surface area (Å²) in [6, 6.07) is 3.81. The molecule has 0 bridgehead atoms. The normalized spacial score (nSPS) is 10.0. The third-order valence-corrected chi connectivity index (χ3v) is 2.62. The molecule has 0 aromatic carbocycles. The van der Waals surface area contributed by atoms with E-state index in [2.05, 4.69) is 10.6 Å². The second-order valence-electron chi connectivity index (χ2n) is 2.77. The topological polar surface area (TPSA) is 41.1 Å². The molecule has 0 spiro atoms. The van der Waals surface area contributed by atoms with Crippen molar-refractivity contribution in [3.63, 3.8) is 0 Å². The van der Waals surface area contributed by atoms with E-state index in [1.165, 1.54) is 16.2 Å². The minimum Gasteiger partial charge on any atom is -0.350 e. The van der Waals surface area contributed by atoms with Crippen LogP contribution in [-0.2, 0) is 0 Å². The Bertz CT molecular complexity index is 283. The van der Waals surface area contributed by atoms with Gasteiger partial charge in [-0.25, -0.2) is 0 Å². The van der Waals surface area contributed by atoms with Crippen molar-refractivity contribution in [2.75, 3.05) is 20.1 Å². The highest BCUT2D eigenvalue weighted by Crippen LogP contribution is 2.14. The van der Waals surface area contributed by atoms with Crippen LogP contribution >= 0.6 is 11.3 Å². The van der Waals surface area contributed by atoms with Crippen molar-refractivity contribution in [2.45, 2.75) is 6.92 Å². The van der Waals surface area contributed by atoms with Crippen LogP contribution in [-0.4, -0.2) is 26.0 Å². The summed E-state index contributed by atoms with van der Waals surface area (Å²) in [5.74, 6) is 0.0216. The summed E-state index contributed by atoms with van der Waals surface area (Å²) in [7, 11) is 1.86. The standard InChI is InChI=1S/C9H14N2OS/c1-7-3-4-8(13-7)9(12)11-6-5-10-2/h3-4,10H,5-6H2,1-2H3,(H,11,12). The van der Waals surface area contributed by atoms with Crippen LogP contribution in [0.2, 0.25) is 0 Å². The third kappa shape index (κ3) is 3.16. The molecule has 3 nitrogen and oxygen atoms in total. The van der Waals surface area contributed by atoms with Gasteiger partial charge in [0.1, 0.15) is 0 Å². The molecule has 0 radical (unpaired) electrons. The van der Waals surface area contributed by atoms with Crippen LogP contribution in [0.1, 0.15) is 14.5 Å². The first-order valence-corrected chi connectivity index (χ1v) is 5.05. The molecule has 72 valence electrons. The van der Waals surface area contributed by atoms with E-state index in [1.54, 1.807) is 0 Å². The SMILES string of the molecule is CNCCNC(=O)c1ccc(C)s1. The lowest BCUT2D eigenvalue weighted by atomic mass is 10.4. The molecule has 0 aliphatic rings. The van der Waals surface area contributed by atoms with Crippen molar-refractivity contribution < 1.29 is 4.79 Å². The van der Waals surface area contributed by atoms with Gasteiger partial charge in [-0.2, -0.15) is 0 Å². The summed E-state index contributed by atoms with van der Waals surface area (Å²) in [5, 5.41) is 5.79. The van der Waals surface area contributed by atoms with Gasteiger partial charge in [0, 0.05) is 18.0 Å². The number of nitrogens with one attached hydrogen (secondary N) is 2. The number of carbonyl (C=O) groups is 1. The maximum absolute atomic E-state index is 11.4. The molecule has 0 aliphatic carbocycles. The van der Waals surface area contributed by atoms with Crippen LogP contribution in [0.3, 0.4) is 0 Å². The minimum absolute atomic E-state index is 0.0216. The molecule has 1 rings (SSSR count). The Balaban J connectivity index is 2.40. The summed E-state index contributed by atoms with van der Waals surface area (Å²) >= 11 is 1.52. The largest absolute Gasteiger partial charge is 0.350 e. The molecule has 0 aliphatic heterocycles. The molecule has 1 aromatic rings. The zero-order valence-corrected chi connectivity index (χ0v) is 8.70. The van der Waals surface area contributed by atoms with E-state index in [4.69, 9.17) is 0 Å². The summed E-state index contributed by atoms with van der Waals surface area (Å²) in [6.07, 6.45) is 0. The van der Waals surface area contributed by atoms with Gasteiger partial charge in [0.25, 0.3) is 5.91 Å². The first-order chi connectivity index (χ1) is 6.24. The van der Waals surface area contributed by atoms with Crippen molar-refractivity contribution in [3.05, 3.63) is 21.9 Å². The quantitative estimate of drug-likeness (QED) is 0.709. The highest BCUT2D eigenvalue weighted by molar-refractivity contribution is 7.13. The fourth-order valence-electron chi connectivity index (χ4n) is 0.945. The predicted octanol–water partition coefficient (Wildman–Crippen LogP) is 1.01. The van der Waals surface area contributed by atoms with Gasteiger partial charge >= 0.3 is 0 Å². The Morgan fingerprint density at radius 2 is 2.23 bits per heavy atom. The van der Waals surface area contributed by atoms with Crippen molar-refractivity contribution in [1.82, 2.24) is 10.6 Å². The first kappa shape index (κ1) is 10.2. The molecule has 0 fully saturated rings. The zero-order valence-electron chi connectivity index (χ0n) is 7.89. The zero-order chi connectivity index (χ0) is 9.68. The molecule has 1 amide bonds. The monoisotopic (exact) mass is 198 g/mol. The van der Waals surface area contributed by atoms with Crippen LogP contribution in [0.25, 0.3) is 0 Å². The summed E-state index contributed by atoms with van der Waals surface area (Å²) in [5.41, 5.74) is 0. The lowest BCUT2D eigenvalue weighted by Gasteiger charge is -2.01. The maximum atomic E-state index is 11.4. The molecule has 0 atom stereocenters. The molecule has 1 aromatic heterocycles. The molecule has 4 heteroatoms. The Morgan fingerprint density at radius 3 is 2.77 bits per heavy atom. The van der Waals surface area contributed by atoms with Crippen molar-refractivity contribution in [1.29, 1.82) is 0 Å². The van der Waals surface area contributed by atoms with Crippen LogP contribution < -0.4 is 10.6 Å². The highest BCUT2D eigenvalue weighted by Gasteiger charge is 2.05. The van der Waals surface area contributed by atoms with Gasteiger partial charge in [0.2, 0.25) is 0 Å². The Labute approximate surface area is 82.2 Å². The van der Waals surface area contributed by atoms with Gasteiger partial charge in [0.05, 0.1) is 4.88 Å². The van der Waals surface area contributed by atoms with Crippen molar-refractivity contribution >= 4 is 17.2 Å². The van der Waals surface area contributed by atoms with Crippen molar-refractivity contribution in [3.8, 4) is 0 Å². The van der Waals surface area contributed by atoms with Crippen LogP contribution in [0.5, 0.6) is 0 Å². The van der Waals surface area contributed by atoms with Crippen LogP contribution in [0.4, 0.5) is 0 Å². The predicted molar refractivity (Wildman–Crippen MR) is 55.3 cm³/mol. The first-order valence-electron chi connectivity index (χ1n) is 4.23. The van der Waals surface area contributed by atoms with E-state index in [9.17, 15) is 4.79 Å². The molecule has 0 unspecified atom stereocenters. The number of carbonyl (C=O) groups excluding carboxylic acids is 1. The Morgan fingerprint density at radius 1 is 1.46 bits per heavy atom. The smallest absolute Gasteiger partial charge is 0.261 e. The second kappa shape index (κ2) is 4.99. The van der Waals surface area contributed by atoms with Gasteiger partial charge in [-0.15, -0.1) is 11.3 Å². The summed E-state index contributed by atoms with van der Waals surface area (Å²) in [4.78, 5) is 13.4. The van der Waals surface area contributed by atoms with E-state index < -0.39 is 0 Å². The van der Waals surface area contributed by atoms with E-state index >= 15 is 0 Å². The molecule has 0 saturated heterocycles. The molecular weight excluding hydrogens is 184 g/mol. The Kier molecular flexibility index (Phi) is 3.92. The van der Waals surface area contributed by atoms with Gasteiger partial charge in [-0.3, -0.25) is 4.79 Å². The van der Waals surface area contributed by atoms with E-state index in [0.717, 1.165) is 11.4 Å². The molecule has 0 saturated carbocycles. The number of amides is 1. The third-order valence-electron chi connectivity index (χ3n) is 1.62. The molecule has 13 heavy (non-hydrogen) atoms. The lowest BCUT2D eigenvalue weighted by Crippen LogP contribution is -2.29. The second-order valence-corrected chi connectivity index (χ2v) is 4.06. The maximum Gasteiger partial charge on any atom is 0.261 e. The van der Waals surface area contributed by atoms with E-state index in [0.29, 0.717) is 6.54 Å². The number of hydrogen-bond donors (Lipinski definition) is 2. The van der Waals surface area contributed by atoms with Gasteiger partial charge in [0.15, 0.2) is 0 Å². The number of thiophene rings is 1. The van der Waals surface area contributed by atoms with Crippen LogP contribution in [0, 0.1) is 6.92 Å². The lowest BCUT2D eigenvalue weighted by molar-refractivity contribution is 0.0958. The number of likely N-dealkylation sites (N-methyl/N-ethyl adjacent to an activating group) is 1. The fourth-order valence-corrected chi connectivity index (χ4v) is 1.73. The van der Waals surface area contributed by atoms with Crippen LogP contribution in [0.15, 0.2) is 12.1 Å². The average Bonchev–Trinajstić information content (AvgIpc) is 2.52. The summed E-state index contributed by atoms with van der Waals surface area (Å²) < 4.78 is 0. The van der Waals surface area contributed by atoms with E-state index in [-0.39, 0.29) is 5.91 Å². The van der Waals surface area contributed by atoms with E-state index in [1.807, 2.05) is 26.1 Å². The molecule has 2 N–H and O–H groups in total. The highest BCUT2D eigenvalue weighted by atomic mass is 32.1. The molecule has 1 heterocycles. The number of rotatable bonds is 4. The number of aryl methyl sites for hydroxylation is 1. The Hall–Kier alpha value is -0.870. The average molecular weight is 198 g/mol. The summed E-state index contributed by atoms with van der Waals surface area (Å²) in [6.45, 7) is 3.47. The number of hydrogen-bond acceptors (Lipinski definition) is 3. The van der Waals surface area contributed by atoms with Gasteiger partial charge in [-0.05, 0) is 26.1 Å². The van der Waals surface area contributed by atoms with Gasteiger partial charge < -0.3 is 10.6 Å². The minimum atomic E-state index is 0.0216. The van der Waals surface area contributed by atoms with Gasteiger partial charge in [-0.1, -0.05) is 0 Å². The van der Waals surface area contributed by atoms with Crippen molar-refractivity contribution in [2.24, 2.45) is 0 Å². The fraction of sp³-hybridized carbons (Fsp3) is 0.444. The molecular formula is C9H14N2OS.